The molecule has 0 aromatic heterocycles. The van der Waals surface area contributed by atoms with Crippen molar-refractivity contribution in [3.8, 4) is 0 Å². The average molecular weight is 238 g/mol. The maximum atomic E-state index is 6.03. The van der Waals surface area contributed by atoms with Crippen molar-refractivity contribution in [3.63, 3.8) is 0 Å². The van der Waals surface area contributed by atoms with E-state index in [0.717, 1.165) is 18.4 Å². The quantitative estimate of drug-likeness (QED) is 0.715. The third kappa shape index (κ3) is 3.96. The third-order valence-electron chi connectivity index (χ3n) is 4.90. The van der Waals surface area contributed by atoms with Crippen LogP contribution in [0, 0.1) is 11.8 Å². The van der Waals surface area contributed by atoms with Gasteiger partial charge in [-0.2, -0.15) is 0 Å². The summed E-state index contributed by atoms with van der Waals surface area (Å²) < 4.78 is 0. The highest BCUT2D eigenvalue weighted by Crippen LogP contribution is 2.35. The molecule has 3 N–H and O–H groups in total. The van der Waals surface area contributed by atoms with E-state index < -0.39 is 0 Å². The van der Waals surface area contributed by atoms with Gasteiger partial charge in [0.05, 0.1) is 0 Å². The Morgan fingerprint density at radius 2 is 1.71 bits per heavy atom. The summed E-state index contributed by atoms with van der Waals surface area (Å²) in [4.78, 5) is 0. The second kappa shape index (κ2) is 6.19. The minimum absolute atomic E-state index is 0.291. The van der Waals surface area contributed by atoms with Crippen molar-refractivity contribution >= 4 is 0 Å². The summed E-state index contributed by atoms with van der Waals surface area (Å²) in [5.74, 6) is 2.01. The first kappa shape index (κ1) is 13.4. The lowest BCUT2D eigenvalue weighted by molar-refractivity contribution is 0.186. The molecule has 100 valence electrons. The fourth-order valence-electron chi connectivity index (χ4n) is 3.33. The van der Waals surface area contributed by atoms with Gasteiger partial charge in [0.25, 0.3) is 0 Å². The zero-order chi connectivity index (χ0) is 12.1. The van der Waals surface area contributed by atoms with E-state index in [-0.39, 0.29) is 0 Å². The Kier molecular flexibility index (Phi) is 4.87. The number of hydrogen-bond acceptors (Lipinski definition) is 2. The lowest BCUT2D eigenvalue weighted by Crippen LogP contribution is -2.53. The van der Waals surface area contributed by atoms with Crippen LogP contribution < -0.4 is 11.1 Å². The zero-order valence-corrected chi connectivity index (χ0v) is 11.5. The Balaban J connectivity index is 1.71. The fraction of sp³-hybridized carbons (Fsp3) is 1.00. The van der Waals surface area contributed by atoms with E-state index in [1.165, 1.54) is 64.3 Å². The highest BCUT2D eigenvalue weighted by molar-refractivity contribution is 4.94. The minimum atomic E-state index is 0.291. The van der Waals surface area contributed by atoms with Crippen LogP contribution >= 0.6 is 0 Å². The van der Waals surface area contributed by atoms with Crippen LogP contribution in [0.15, 0.2) is 0 Å². The van der Waals surface area contributed by atoms with Crippen molar-refractivity contribution in [2.75, 3.05) is 13.1 Å². The van der Waals surface area contributed by atoms with Gasteiger partial charge in [0.1, 0.15) is 0 Å². The van der Waals surface area contributed by atoms with Crippen LogP contribution in [0.25, 0.3) is 0 Å². The molecule has 0 saturated heterocycles. The molecule has 0 heterocycles. The maximum Gasteiger partial charge on any atom is 0.0304 e. The minimum Gasteiger partial charge on any atom is -0.329 e. The number of nitrogens with one attached hydrogen (secondary N) is 1. The molecule has 0 aromatic carbocycles. The molecule has 0 aromatic rings. The van der Waals surface area contributed by atoms with Gasteiger partial charge in [-0.05, 0) is 50.5 Å². The average Bonchev–Trinajstić information content (AvgIpc) is 3.16. The molecule has 0 unspecified atom stereocenters. The molecule has 0 radical (unpaired) electrons. The third-order valence-corrected chi connectivity index (χ3v) is 4.90. The van der Waals surface area contributed by atoms with Crippen LogP contribution in [-0.4, -0.2) is 18.6 Å². The molecule has 0 spiro atoms. The van der Waals surface area contributed by atoms with Crippen molar-refractivity contribution in [1.29, 1.82) is 0 Å². The highest BCUT2D eigenvalue weighted by Gasteiger charge is 2.33. The van der Waals surface area contributed by atoms with E-state index in [1.807, 2.05) is 0 Å². The standard InChI is InChI=1S/C15H30N2/c1-2-3-13-6-9-15(12-16,10-7-13)17-11-8-14-4-5-14/h13-14,17H,2-12,16H2,1H3. The Hall–Kier alpha value is -0.0800. The Bertz CT molecular complexity index is 215. The number of nitrogens with two attached hydrogens (primary N) is 1. The van der Waals surface area contributed by atoms with Crippen LogP contribution in [0.4, 0.5) is 0 Å². The topological polar surface area (TPSA) is 38.0 Å². The summed E-state index contributed by atoms with van der Waals surface area (Å²) in [5, 5.41) is 3.79. The van der Waals surface area contributed by atoms with E-state index in [2.05, 4.69) is 12.2 Å². The van der Waals surface area contributed by atoms with Gasteiger partial charge in [-0.1, -0.05) is 32.6 Å². The van der Waals surface area contributed by atoms with Gasteiger partial charge in [0.15, 0.2) is 0 Å². The molecule has 0 amide bonds. The molecule has 2 rings (SSSR count). The monoisotopic (exact) mass is 238 g/mol. The van der Waals surface area contributed by atoms with Crippen molar-refractivity contribution in [1.82, 2.24) is 5.32 Å². The lowest BCUT2D eigenvalue weighted by Gasteiger charge is -2.40. The van der Waals surface area contributed by atoms with Crippen molar-refractivity contribution in [3.05, 3.63) is 0 Å². The van der Waals surface area contributed by atoms with Crippen LogP contribution in [0.1, 0.15) is 64.7 Å². The maximum absolute atomic E-state index is 6.03. The summed E-state index contributed by atoms with van der Waals surface area (Å²) in [7, 11) is 0. The van der Waals surface area contributed by atoms with Gasteiger partial charge in [0, 0.05) is 12.1 Å². The Morgan fingerprint density at radius 1 is 1.06 bits per heavy atom. The zero-order valence-electron chi connectivity index (χ0n) is 11.5. The molecule has 2 nitrogen and oxygen atoms in total. The van der Waals surface area contributed by atoms with Crippen LogP contribution in [0.2, 0.25) is 0 Å². The summed E-state index contributed by atoms with van der Waals surface area (Å²) >= 11 is 0. The van der Waals surface area contributed by atoms with Gasteiger partial charge in [-0.15, -0.1) is 0 Å². The molecule has 0 atom stereocenters. The van der Waals surface area contributed by atoms with Crippen LogP contribution in [-0.2, 0) is 0 Å². The molecule has 2 aliphatic carbocycles. The predicted molar refractivity (Wildman–Crippen MR) is 74.0 cm³/mol. The smallest absolute Gasteiger partial charge is 0.0304 e. The highest BCUT2D eigenvalue weighted by atomic mass is 15.0. The van der Waals surface area contributed by atoms with E-state index in [1.54, 1.807) is 0 Å². The molecule has 2 fully saturated rings. The van der Waals surface area contributed by atoms with Crippen molar-refractivity contribution in [2.45, 2.75) is 70.3 Å². The molecule has 2 saturated carbocycles. The largest absolute Gasteiger partial charge is 0.329 e. The number of hydrogen-bond donors (Lipinski definition) is 2. The molecule has 17 heavy (non-hydrogen) atoms. The Labute approximate surface area is 107 Å². The van der Waals surface area contributed by atoms with E-state index in [4.69, 9.17) is 5.73 Å². The summed E-state index contributed by atoms with van der Waals surface area (Å²) in [5.41, 5.74) is 6.32. The first-order chi connectivity index (χ1) is 8.28. The molecular formula is C15H30N2. The molecule has 2 heteroatoms. The SMILES string of the molecule is CCCC1CCC(CN)(NCCC2CC2)CC1. The normalized spacial score (nSPS) is 33.9. The molecule has 0 bridgehead atoms. The summed E-state index contributed by atoms with van der Waals surface area (Å²) in [6, 6.07) is 0. The predicted octanol–water partition coefficient (Wildman–Crippen LogP) is 3.06. The van der Waals surface area contributed by atoms with Gasteiger partial charge in [0.2, 0.25) is 0 Å². The van der Waals surface area contributed by atoms with Gasteiger partial charge < -0.3 is 11.1 Å². The van der Waals surface area contributed by atoms with Crippen LogP contribution in [0.5, 0.6) is 0 Å². The Morgan fingerprint density at radius 3 is 2.24 bits per heavy atom. The van der Waals surface area contributed by atoms with Crippen molar-refractivity contribution < 1.29 is 0 Å². The first-order valence-electron chi connectivity index (χ1n) is 7.73. The second-order valence-corrected chi connectivity index (χ2v) is 6.38. The van der Waals surface area contributed by atoms with Gasteiger partial charge >= 0.3 is 0 Å². The summed E-state index contributed by atoms with van der Waals surface area (Å²) in [6.07, 6.45) is 12.5. The lowest BCUT2D eigenvalue weighted by atomic mass is 9.75. The molecule has 2 aliphatic rings. The second-order valence-electron chi connectivity index (χ2n) is 6.38. The number of rotatable bonds is 7. The summed E-state index contributed by atoms with van der Waals surface area (Å²) in [6.45, 7) is 4.33. The van der Waals surface area contributed by atoms with Gasteiger partial charge in [-0.3, -0.25) is 0 Å². The molecule has 0 aliphatic heterocycles. The van der Waals surface area contributed by atoms with E-state index in [9.17, 15) is 0 Å². The molecular weight excluding hydrogens is 208 g/mol. The van der Waals surface area contributed by atoms with E-state index >= 15 is 0 Å². The first-order valence-corrected chi connectivity index (χ1v) is 7.73. The van der Waals surface area contributed by atoms with Gasteiger partial charge in [-0.25, -0.2) is 0 Å². The van der Waals surface area contributed by atoms with Crippen molar-refractivity contribution in [2.24, 2.45) is 17.6 Å². The van der Waals surface area contributed by atoms with Crippen LogP contribution in [0.3, 0.4) is 0 Å². The van der Waals surface area contributed by atoms with E-state index in [0.29, 0.717) is 5.54 Å². The fourth-order valence-corrected chi connectivity index (χ4v) is 3.33.